The zero-order valence-corrected chi connectivity index (χ0v) is 14.1. The first kappa shape index (κ1) is 14.3. The summed E-state index contributed by atoms with van der Waals surface area (Å²) < 4.78 is 0. The molecule has 21 heavy (non-hydrogen) atoms. The fourth-order valence-electron chi connectivity index (χ4n) is 7.89. The van der Waals surface area contributed by atoms with E-state index in [0.29, 0.717) is 22.2 Å². The fraction of sp³-hybridized carbons (Fsp3) is 0.900. The van der Waals surface area contributed by atoms with E-state index in [0.717, 1.165) is 18.3 Å². The van der Waals surface area contributed by atoms with E-state index in [9.17, 15) is 5.11 Å². The number of allylic oxidation sites excluding steroid dienone is 1. The summed E-state index contributed by atoms with van der Waals surface area (Å²) in [5, 5.41) is 11.1. The van der Waals surface area contributed by atoms with Crippen molar-refractivity contribution in [1.82, 2.24) is 0 Å². The summed E-state index contributed by atoms with van der Waals surface area (Å²) >= 11 is 0. The van der Waals surface area contributed by atoms with Crippen molar-refractivity contribution < 1.29 is 5.11 Å². The van der Waals surface area contributed by atoms with Crippen LogP contribution in [0.15, 0.2) is 12.2 Å². The zero-order valence-electron chi connectivity index (χ0n) is 14.1. The molecule has 1 spiro atoms. The van der Waals surface area contributed by atoms with Gasteiger partial charge in [-0.05, 0) is 78.9 Å². The second-order valence-electron chi connectivity index (χ2n) is 9.83. The van der Waals surface area contributed by atoms with Crippen LogP contribution in [-0.2, 0) is 0 Å². The summed E-state index contributed by atoms with van der Waals surface area (Å²) in [6, 6.07) is 0. The number of rotatable bonds is 0. The molecule has 4 rings (SSSR count). The molecule has 0 saturated heterocycles. The molecule has 4 saturated carbocycles. The molecule has 2 bridgehead atoms. The molecular formula is C20H32O. The molecule has 118 valence electrons. The Bertz CT molecular complexity index is 478. The topological polar surface area (TPSA) is 20.2 Å². The maximum atomic E-state index is 11.1. The Morgan fingerprint density at radius 3 is 2.62 bits per heavy atom. The van der Waals surface area contributed by atoms with Crippen LogP contribution in [0.2, 0.25) is 0 Å². The summed E-state index contributed by atoms with van der Waals surface area (Å²) in [6.07, 6.45) is 10.2. The lowest BCUT2D eigenvalue weighted by molar-refractivity contribution is -0.197. The first-order chi connectivity index (χ1) is 9.79. The van der Waals surface area contributed by atoms with Crippen molar-refractivity contribution in [3.8, 4) is 0 Å². The summed E-state index contributed by atoms with van der Waals surface area (Å²) in [5.74, 6) is 2.10. The Labute approximate surface area is 130 Å². The maximum absolute atomic E-state index is 11.1. The van der Waals surface area contributed by atoms with Crippen molar-refractivity contribution >= 4 is 0 Å². The molecule has 4 aliphatic carbocycles. The molecule has 1 nitrogen and oxygen atoms in total. The van der Waals surface area contributed by atoms with Crippen LogP contribution in [0.5, 0.6) is 0 Å². The van der Waals surface area contributed by atoms with Crippen molar-refractivity contribution in [3.63, 3.8) is 0 Å². The average Bonchev–Trinajstić information content (AvgIpc) is 2.57. The van der Waals surface area contributed by atoms with Crippen LogP contribution in [-0.4, -0.2) is 11.2 Å². The van der Waals surface area contributed by atoms with Gasteiger partial charge in [-0.25, -0.2) is 0 Å². The smallest absolute Gasteiger partial charge is 0.0584 e. The quantitative estimate of drug-likeness (QED) is 0.626. The van der Waals surface area contributed by atoms with Crippen LogP contribution in [0.1, 0.15) is 72.1 Å². The lowest BCUT2D eigenvalue weighted by Crippen LogP contribution is -2.61. The minimum Gasteiger partial charge on any atom is -0.393 e. The summed E-state index contributed by atoms with van der Waals surface area (Å²) in [4.78, 5) is 0. The van der Waals surface area contributed by atoms with Gasteiger partial charge in [0.1, 0.15) is 0 Å². The largest absolute Gasteiger partial charge is 0.393 e. The van der Waals surface area contributed by atoms with E-state index in [1.807, 2.05) is 0 Å². The molecule has 0 aromatic carbocycles. The summed E-state index contributed by atoms with van der Waals surface area (Å²) in [6.45, 7) is 11.7. The van der Waals surface area contributed by atoms with Gasteiger partial charge >= 0.3 is 0 Å². The average molecular weight is 288 g/mol. The standard InChI is InChI=1S/C20H32O/c1-13-10-20-11-14(13)6-7-16(20)19(4)9-5-8-18(2,3)17(19)15(21)12-20/h14-17,21H,1,5-12H2,2-4H3/t14-,15+,16+,17-,19+,20-/m1/s1. The lowest BCUT2D eigenvalue weighted by atomic mass is 9.40. The third-order valence-corrected chi connectivity index (χ3v) is 8.24. The molecule has 0 aromatic rings. The molecule has 0 amide bonds. The second kappa shape index (κ2) is 4.16. The summed E-state index contributed by atoms with van der Waals surface area (Å²) in [7, 11) is 0. The van der Waals surface area contributed by atoms with Crippen LogP contribution >= 0.6 is 0 Å². The molecule has 0 radical (unpaired) electrons. The predicted octanol–water partition coefficient (Wildman–Crippen LogP) is 4.95. The molecule has 4 aliphatic rings. The normalized spacial score (nSPS) is 55.0. The van der Waals surface area contributed by atoms with Gasteiger partial charge in [-0.3, -0.25) is 0 Å². The molecule has 0 unspecified atom stereocenters. The highest BCUT2D eigenvalue weighted by Crippen LogP contribution is 2.71. The Morgan fingerprint density at radius 1 is 1.10 bits per heavy atom. The van der Waals surface area contributed by atoms with E-state index in [1.165, 1.54) is 50.5 Å². The van der Waals surface area contributed by atoms with Gasteiger partial charge in [0.2, 0.25) is 0 Å². The van der Waals surface area contributed by atoms with E-state index in [1.54, 1.807) is 0 Å². The van der Waals surface area contributed by atoms with Crippen molar-refractivity contribution in [2.75, 3.05) is 0 Å². The van der Waals surface area contributed by atoms with Crippen molar-refractivity contribution in [1.29, 1.82) is 0 Å². The van der Waals surface area contributed by atoms with Gasteiger partial charge in [-0.15, -0.1) is 0 Å². The van der Waals surface area contributed by atoms with Crippen LogP contribution in [0, 0.1) is 34.0 Å². The van der Waals surface area contributed by atoms with Gasteiger partial charge in [0.25, 0.3) is 0 Å². The molecule has 0 aliphatic heterocycles. The predicted molar refractivity (Wildman–Crippen MR) is 86.9 cm³/mol. The van der Waals surface area contributed by atoms with Crippen molar-refractivity contribution in [2.24, 2.45) is 34.0 Å². The summed E-state index contributed by atoms with van der Waals surface area (Å²) in [5.41, 5.74) is 2.56. The Kier molecular flexibility index (Phi) is 2.83. The van der Waals surface area contributed by atoms with E-state index in [-0.39, 0.29) is 6.10 Å². The minimum absolute atomic E-state index is 0.0915. The third-order valence-electron chi connectivity index (χ3n) is 8.24. The molecule has 1 N–H and O–H groups in total. The lowest BCUT2D eigenvalue weighted by Gasteiger charge is -2.65. The first-order valence-electron chi connectivity index (χ1n) is 9.14. The Hall–Kier alpha value is -0.300. The zero-order chi connectivity index (χ0) is 15.0. The van der Waals surface area contributed by atoms with Gasteiger partial charge in [0.15, 0.2) is 0 Å². The van der Waals surface area contributed by atoms with E-state index >= 15 is 0 Å². The van der Waals surface area contributed by atoms with Gasteiger partial charge in [-0.1, -0.05) is 39.3 Å². The van der Waals surface area contributed by atoms with Crippen LogP contribution in [0.3, 0.4) is 0 Å². The van der Waals surface area contributed by atoms with Gasteiger partial charge in [0.05, 0.1) is 6.10 Å². The van der Waals surface area contributed by atoms with E-state index in [4.69, 9.17) is 0 Å². The van der Waals surface area contributed by atoms with Crippen molar-refractivity contribution in [2.45, 2.75) is 78.2 Å². The van der Waals surface area contributed by atoms with E-state index in [2.05, 4.69) is 27.4 Å². The highest BCUT2D eigenvalue weighted by molar-refractivity contribution is 5.23. The SMILES string of the molecule is C=C1C[C@]23C[C@H]1CC[C@H]2[C@]1(C)CCCC(C)(C)[C@H]1[C@@H](O)C3. The fourth-order valence-corrected chi connectivity index (χ4v) is 7.89. The third kappa shape index (κ3) is 1.73. The Morgan fingerprint density at radius 2 is 1.86 bits per heavy atom. The van der Waals surface area contributed by atoms with Crippen LogP contribution in [0.25, 0.3) is 0 Å². The number of aliphatic hydroxyl groups is 1. The Balaban J connectivity index is 1.79. The molecule has 6 atom stereocenters. The monoisotopic (exact) mass is 288 g/mol. The molecular weight excluding hydrogens is 256 g/mol. The number of aliphatic hydroxyl groups excluding tert-OH is 1. The van der Waals surface area contributed by atoms with E-state index < -0.39 is 0 Å². The first-order valence-corrected chi connectivity index (χ1v) is 9.14. The highest BCUT2D eigenvalue weighted by atomic mass is 16.3. The van der Waals surface area contributed by atoms with Gasteiger partial charge in [-0.2, -0.15) is 0 Å². The van der Waals surface area contributed by atoms with Gasteiger partial charge in [0, 0.05) is 0 Å². The number of fused-ring (bicyclic) bond motifs is 3. The number of hydrogen-bond donors (Lipinski definition) is 1. The van der Waals surface area contributed by atoms with Crippen LogP contribution in [0.4, 0.5) is 0 Å². The molecule has 4 fully saturated rings. The number of hydrogen-bond acceptors (Lipinski definition) is 1. The minimum atomic E-state index is -0.0915. The van der Waals surface area contributed by atoms with Crippen molar-refractivity contribution in [3.05, 3.63) is 12.2 Å². The highest BCUT2D eigenvalue weighted by Gasteiger charge is 2.65. The molecule has 0 heterocycles. The molecule has 1 heteroatoms. The van der Waals surface area contributed by atoms with Gasteiger partial charge < -0.3 is 5.11 Å². The second-order valence-corrected chi connectivity index (χ2v) is 9.83. The molecule has 0 aromatic heterocycles. The maximum Gasteiger partial charge on any atom is 0.0584 e. The van der Waals surface area contributed by atoms with Crippen LogP contribution < -0.4 is 0 Å².